The van der Waals surface area contributed by atoms with Gasteiger partial charge in [0.25, 0.3) is 0 Å². The minimum atomic E-state index is -0.885. The van der Waals surface area contributed by atoms with Crippen LogP contribution >= 0.6 is 0 Å². The summed E-state index contributed by atoms with van der Waals surface area (Å²) in [6.07, 6.45) is 5.65. The molecule has 0 fully saturated rings. The molecular weight excluding hydrogens is 304 g/mol. The van der Waals surface area contributed by atoms with Gasteiger partial charge in [-0.15, -0.1) is 0 Å². The molecule has 2 aromatic rings. The third kappa shape index (κ3) is 3.01. The predicted octanol–water partition coefficient (Wildman–Crippen LogP) is 1.10. The molecule has 1 unspecified atom stereocenters. The Hall–Kier alpha value is -2.34. The van der Waals surface area contributed by atoms with Gasteiger partial charge in [0.2, 0.25) is 0 Å². The quantitative estimate of drug-likeness (QED) is 0.681. The van der Waals surface area contributed by atoms with Crippen LogP contribution in [0, 0.1) is 0 Å². The maximum Gasteiger partial charge on any atom is 0.315 e. The molecule has 0 bridgehead atoms. The van der Waals surface area contributed by atoms with Crippen molar-refractivity contribution in [1.82, 2.24) is 20.8 Å². The number of carbonyl (C=O) groups is 1. The average molecular weight is 326 g/mol. The Morgan fingerprint density at radius 2 is 2.04 bits per heavy atom. The van der Waals surface area contributed by atoms with Crippen molar-refractivity contribution in [3.8, 4) is 0 Å². The maximum absolute atomic E-state index is 12.2. The van der Waals surface area contributed by atoms with E-state index in [1.165, 1.54) is 16.7 Å². The van der Waals surface area contributed by atoms with Crippen molar-refractivity contribution < 1.29 is 9.90 Å². The Bertz CT molecular complexity index is 730. The predicted molar refractivity (Wildman–Crippen MR) is 89.7 cm³/mol. The fourth-order valence-corrected chi connectivity index (χ4v) is 3.81. The molecule has 126 valence electrons. The van der Waals surface area contributed by atoms with Gasteiger partial charge in [-0.3, -0.25) is 5.10 Å². The van der Waals surface area contributed by atoms with E-state index in [1.54, 1.807) is 0 Å². The van der Waals surface area contributed by atoms with E-state index in [1.807, 2.05) is 30.5 Å². The number of aromatic nitrogens is 2. The third-order valence-corrected chi connectivity index (χ3v) is 5.09. The molecule has 4 N–H and O–H groups in total. The Morgan fingerprint density at radius 1 is 1.29 bits per heavy atom. The normalized spacial score (nSPS) is 21.0. The molecule has 0 aliphatic heterocycles. The van der Waals surface area contributed by atoms with Crippen molar-refractivity contribution in [3.63, 3.8) is 0 Å². The molecule has 0 saturated carbocycles. The number of aryl methyl sites for hydroxylation is 1. The largest absolute Gasteiger partial charge is 0.387 e. The van der Waals surface area contributed by atoms with Crippen molar-refractivity contribution in [2.75, 3.05) is 6.54 Å². The van der Waals surface area contributed by atoms with E-state index < -0.39 is 5.60 Å². The molecule has 24 heavy (non-hydrogen) atoms. The van der Waals surface area contributed by atoms with Crippen LogP contribution in [-0.4, -0.2) is 39.5 Å². The first-order valence-electron chi connectivity index (χ1n) is 8.46. The molecule has 0 saturated heterocycles. The highest BCUT2D eigenvalue weighted by atomic mass is 16.3. The van der Waals surface area contributed by atoms with Crippen LogP contribution in [0.5, 0.6) is 0 Å². The first kappa shape index (κ1) is 15.2. The summed E-state index contributed by atoms with van der Waals surface area (Å²) >= 11 is 0. The van der Waals surface area contributed by atoms with Gasteiger partial charge in [0.05, 0.1) is 11.8 Å². The number of hydrogen-bond donors (Lipinski definition) is 4. The molecule has 1 aromatic heterocycles. The number of rotatable bonds is 3. The molecule has 6 heteroatoms. The molecule has 1 aromatic carbocycles. The standard InChI is InChI=1S/C18H22N4O2/c23-17(21-15-6-5-14-10-20-22-16(14)7-15)19-11-18(24)8-12-3-1-2-4-13(12)9-18/h1-4,10,15,24H,5-9,11H2,(H,20,22)(H2,19,21,23). The van der Waals surface area contributed by atoms with Crippen LogP contribution in [-0.2, 0) is 25.7 Å². The van der Waals surface area contributed by atoms with Crippen LogP contribution < -0.4 is 10.6 Å². The van der Waals surface area contributed by atoms with E-state index in [0.717, 1.165) is 25.0 Å². The summed E-state index contributed by atoms with van der Waals surface area (Å²) in [7, 11) is 0. The van der Waals surface area contributed by atoms with Crippen molar-refractivity contribution >= 4 is 6.03 Å². The molecular formula is C18H22N4O2. The molecule has 1 atom stereocenters. The average Bonchev–Trinajstić information content (AvgIpc) is 3.16. The van der Waals surface area contributed by atoms with Gasteiger partial charge >= 0.3 is 6.03 Å². The number of hydrogen-bond acceptors (Lipinski definition) is 3. The highest BCUT2D eigenvalue weighted by Crippen LogP contribution is 2.29. The lowest BCUT2D eigenvalue weighted by molar-refractivity contribution is 0.0535. The van der Waals surface area contributed by atoms with Gasteiger partial charge < -0.3 is 15.7 Å². The smallest absolute Gasteiger partial charge is 0.315 e. The van der Waals surface area contributed by atoms with E-state index in [4.69, 9.17) is 0 Å². The van der Waals surface area contributed by atoms with Crippen LogP contribution in [0.15, 0.2) is 30.5 Å². The summed E-state index contributed by atoms with van der Waals surface area (Å²) in [6, 6.07) is 7.93. The van der Waals surface area contributed by atoms with Crippen LogP contribution in [0.2, 0.25) is 0 Å². The van der Waals surface area contributed by atoms with Crippen molar-refractivity contribution in [1.29, 1.82) is 0 Å². The minimum absolute atomic E-state index is 0.105. The summed E-state index contributed by atoms with van der Waals surface area (Å²) in [6.45, 7) is 0.259. The number of aromatic amines is 1. The summed E-state index contributed by atoms with van der Waals surface area (Å²) in [5.74, 6) is 0. The highest BCUT2D eigenvalue weighted by Gasteiger charge is 2.35. The Labute approximate surface area is 140 Å². The second-order valence-electron chi connectivity index (χ2n) is 6.99. The number of amides is 2. The third-order valence-electron chi connectivity index (χ3n) is 5.09. The monoisotopic (exact) mass is 326 g/mol. The molecule has 1 heterocycles. The second kappa shape index (κ2) is 5.94. The zero-order chi connectivity index (χ0) is 16.6. The maximum atomic E-state index is 12.2. The SMILES string of the molecule is O=C(NCC1(O)Cc2ccccc2C1)NC1CCc2cn[nH]c2C1. The second-order valence-corrected chi connectivity index (χ2v) is 6.99. The highest BCUT2D eigenvalue weighted by molar-refractivity contribution is 5.74. The molecule has 2 amide bonds. The van der Waals surface area contributed by atoms with E-state index >= 15 is 0 Å². The number of H-pyrrole nitrogens is 1. The molecule has 0 spiro atoms. The molecule has 2 aliphatic rings. The first-order chi connectivity index (χ1) is 11.6. The molecule has 4 rings (SSSR count). The lowest BCUT2D eigenvalue weighted by Crippen LogP contribution is -2.50. The van der Waals surface area contributed by atoms with Gasteiger partial charge in [-0.1, -0.05) is 24.3 Å². The zero-order valence-electron chi connectivity index (χ0n) is 13.5. The van der Waals surface area contributed by atoms with E-state index in [-0.39, 0.29) is 18.6 Å². The van der Waals surface area contributed by atoms with Gasteiger partial charge in [0, 0.05) is 37.5 Å². The zero-order valence-corrected chi connectivity index (χ0v) is 13.5. The molecule has 0 radical (unpaired) electrons. The number of fused-ring (bicyclic) bond motifs is 2. The van der Waals surface area contributed by atoms with Gasteiger partial charge in [-0.05, 0) is 29.5 Å². The summed E-state index contributed by atoms with van der Waals surface area (Å²) in [5.41, 5.74) is 3.80. The van der Waals surface area contributed by atoms with Crippen molar-refractivity contribution in [2.45, 2.75) is 43.7 Å². The number of nitrogens with zero attached hydrogens (tertiary/aromatic N) is 1. The molecule has 2 aliphatic carbocycles. The lowest BCUT2D eigenvalue weighted by atomic mass is 9.94. The molecule has 6 nitrogen and oxygen atoms in total. The van der Waals surface area contributed by atoms with E-state index in [9.17, 15) is 9.90 Å². The Kier molecular flexibility index (Phi) is 3.76. The van der Waals surface area contributed by atoms with Gasteiger partial charge in [0.1, 0.15) is 0 Å². The Balaban J connectivity index is 1.29. The summed E-state index contributed by atoms with van der Waals surface area (Å²) in [5, 5.41) is 23.6. The summed E-state index contributed by atoms with van der Waals surface area (Å²) in [4.78, 5) is 12.2. The van der Waals surface area contributed by atoms with E-state index in [0.29, 0.717) is 12.8 Å². The van der Waals surface area contributed by atoms with Crippen LogP contribution in [0.25, 0.3) is 0 Å². The first-order valence-corrected chi connectivity index (χ1v) is 8.46. The van der Waals surface area contributed by atoms with Gasteiger partial charge in [-0.2, -0.15) is 5.10 Å². The topological polar surface area (TPSA) is 90.0 Å². The number of benzene rings is 1. The van der Waals surface area contributed by atoms with Gasteiger partial charge in [-0.25, -0.2) is 4.79 Å². The fraction of sp³-hybridized carbons (Fsp3) is 0.444. The van der Waals surface area contributed by atoms with Crippen LogP contribution in [0.4, 0.5) is 4.79 Å². The minimum Gasteiger partial charge on any atom is -0.387 e. The van der Waals surface area contributed by atoms with Crippen LogP contribution in [0.1, 0.15) is 28.8 Å². The fourth-order valence-electron chi connectivity index (χ4n) is 3.81. The number of aliphatic hydroxyl groups is 1. The van der Waals surface area contributed by atoms with Gasteiger partial charge in [0.15, 0.2) is 0 Å². The van der Waals surface area contributed by atoms with Crippen molar-refractivity contribution in [3.05, 3.63) is 52.8 Å². The van der Waals surface area contributed by atoms with E-state index in [2.05, 4.69) is 20.8 Å². The Morgan fingerprint density at radius 3 is 2.79 bits per heavy atom. The lowest BCUT2D eigenvalue weighted by Gasteiger charge is -2.26. The van der Waals surface area contributed by atoms with Crippen molar-refractivity contribution in [2.24, 2.45) is 0 Å². The number of nitrogens with one attached hydrogen (secondary N) is 3. The number of urea groups is 1. The van der Waals surface area contributed by atoms with Crippen LogP contribution in [0.3, 0.4) is 0 Å². The number of carbonyl (C=O) groups excluding carboxylic acids is 1. The summed E-state index contributed by atoms with van der Waals surface area (Å²) < 4.78 is 0.